The van der Waals surface area contributed by atoms with Gasteiger partial charge in [0.05, 0.1) is 6.61 Å². The fraction of sp³-hybridized carbons (Fsp3) is 0.321. The lowest BCUT2D eigenvalue weighted by Crippen LogP contribution is -2.50. The molecule has 3 aliphatic rings. The van der Waals surface area contributed by atoms with Crippen molar-refractivity contribution in [3.63, 3.8) is 0 Å². The van der Waals surface area contributed by atoms with E-state index in [0.717, 1.165) is 42.1 Å². The van der Waals surface area contributed by atoms with Crippen molar-refractivity contribution in [3.8, 4) is 68.3 Å². The molecule has 0 aliphatic carbocycles. The summed E-state index contributed by atoms with van der Waals surface area (Å²) in [5.74, 6) is 5.19. The summed E-state index contributed by atoms with van der Waals surface area (Å²) in [5, 5.41) is 26.1. The van der Waals surface area contributed by atoms with E-state index >= 15 is 0 Å². The number of aliphatic hydroxyl groups excluding tert-OH is 1. The van der Waals surface area contributed by atoms with Gasteiger partial charge < -0.3 is 49.6 Å². The van der Waals surface area contributed by atoms with Crippen molar-refractivity contribution in [1.82, 2.24) is 88.9 Å². The molecule has 3 aliphatic heterocycles. The van der Waals surface area contributed by atoms with Crippen molar-refractivity contribution in [2.24, 2.45) is 5.92 Å². The Bertz CT molecular complexity index is 5330. The molecule has 0 atom stereocenters. The number of piperazine rings is 3. The molecule has 34 heteroatoms. The number of rotatable bonds is 24. The van der Waals surface area contributed by atoms with Gasteiger partial charge in [0.2, 0.25) is 17.7 Å². The average Bonchev–Trinajstić information content (AvgIpc) is 1.65. The fourth-order valence-corrected chi connectivity index (χ4v) is 13.4. The summed E-state index contributed by atoms with van der Waals surface area (Å²) >= 11 is 0. The number of aromatic nitrogens is 15. The lowest BCUT2D eigenvalue weighted by molar-refractivity contribution is -0.133. The lowest BCUT2D eigenvalue weighted by atomic mass is 10.1. The molecule has 6 aromatic carbocycles. The molecule has 0 saturated carbocycles. The maximum Gasteiger partial charge on any atom is 0.244 e. The topological polar surface area (TPSA) is 279 Å². The molecule has 612 valence electrons. The van der Waals surface area contributed by atoms with Gasteiger partial charge in [-0.25, -0.2) is 85.2 Å². The highest BCUT2D eigenvalue weighted by molar-refractivity contribution is 5.79. The number of nitrogens with one attached hydrogen (secondary N) is 1. The Hall–Kier alpha value is -13.3. The van der Waals surface area contributed by atoms with Crippen LogP contribution in [0.4, 0.5) is 61.2 Å². The monoisotopic (exact) mass is 1610 g/mol. The maximum atomic E-state index is 13.6. The van der Waals surface area contributed by atoms with Gasteiger partial charge in [0.25, 0.3) is 0 Å². The molecule has 0 unspecified atom stereocenters. The highest BCUT2D eigenvalue weighted by Gasteiger charge is 2.30. The zero-order valence-corrected chi connectivity index (χ0v) is 66.1. The number of aliphatic hydroxyl groups is 1. The number of nitrogens with zero attached hydrogens (tertiary/aromatic N) is 23. The van der Waals surface area contributed by atoms with Crippen LogP contribution in [0.5, 0.6) is 0 Å². The number of carbonyl (C=O) groups excluding carboxylic acids is 3. The van der Waals surface area contributed by atoms with Crippen molar-refractivity contribution in [2.45, 2.75) is 59.8 Å². The van der Waals surface area contributed by atoms with E-state index in [-0.39, 0.29) is 84.9 Å². The summed E-state index contributed by atoms with van der Waals surface area (Å²) in [4.78, 5) is 95.7. The molecule has 3 saturated heterocycles. The minimum Gasteiger partial charge on any atom is -0.395 e. The van der Waals surface area contributed by atoms with Gasteiger partial charge in [0, 0.05) is 163 Å². The Balaban J connectivity index is 0.000000154. The third-order valence-electron chi connectivity index (χ3n) is 20.0. The smallest absolute Gasteiger partial charge is 0.244 e. The average molecular weight is 1610 g/mol. The van der Waals surface area contributed by atoms with Gasteiger partial charge in [0.15, 0.2) is 34.9 Å². The molecule has 9 heterocycles. The number of halogens is 6. The zero-order chi connectivity index (χ0) is 82.9. The Kier molecular flexibility index (Phi) is 26.9. The molecular weight excluding hydrogens is 1520 g/mol. The number of anilines is 6. The third-order valence-corrected chi connectivity index (χ3v) is 20.0. The molecule has 15 rings (SSSR count). The molecule has 0 spiro atoms. The minimum atomic E-state index is -0.381. The van der Waals surface area contributed by atoms with Crippen LogP contribution >= 0.6 is 0 Å². The standard InChI is InChI=1S/C30H34F2N8O.C27H28F2N8O2.C27H28F2N8O/c1-21(2)12-13-37(3)26-18-27(34-20-33-26)38-14-16-39(17-15-38)28(41)19-40-30(23-6-10-25(32)11-7-23)35-29(36-40)22-4-8-24(31)9-5-22;1-34(14-15-38)23-16-24(31-18-30-23)35-10-12-36(13-11-35)25(39)17-37-27(20-4-8-22(29)9-5-20)32-26(33-37)19-2-6-21(28)7-3-19;1-18(2)32-23-15-24(31-17-30-23)35-11-13-36(14-12-35)25(38)16-37-27(20-5-9-22(29)10-6-20)33-26(34-37)19-3-7-21(28)8-4-19/h4-11,18,20-21H,12-17,19H2,1-3H3;2-9,16,18,38H,10-15,17H2,1H3;3-10,15,17-18H,11-14,16H2,1-2H3,(H,30,31,32). The maximum absolute atomic E-state index is 13.6. The van der Waals surface area contributed by atoms with Crippen LogP contribution in [0, 0.1) is 40.8 Å². The molecule has 6 aromatic heterocycles. The van der Waals surface area contributed by atoms with Crippen LogP contribution in [0.15, 0.2) is 183 Å². The number of carbonyl (C=O) groups is 3. The van der Waals surface area contributed by atoms with E-state index < -0.39 is 0 Å². The van der Waals surface area contributed by atoms with E-state index in [1.165, 1.54) is 99.5 Å². The van der Waals surface area contributed by atoms with Crippen LogP contribution in [0.25, 0.3) is 68.3 Å². The van der Waals surface area contributed by atoms with Gasteiger partial charge in [-0.2, -0.15) is 0 Å². The second kappa shape index (κ2) is 38.5. The molecule has 118 heavy (non-hydrogen) atoms. The molecule has 28 nitrogen and oxygen atoms in total. The summed E-state index contributed by atoms with van der Waals surface area (Å²) in [7, 11) is 3.89. The van der Waals surface area contributed by atoms with Crippen LogP contribution < -0.4 is 29.8 Å². The van der Waals surface area contributed by atoms with E-state index in [9.17, 15) is 45.8 Å². The molecule has 0 radical (unpaired) electrons. The van der Waals surface area contributed by atoms with Crippen molar-refractivity contribution >= 4 is 52.6 Å². The highest BCUT2D eigenvalue weighted by atomic mass is 19.1. The van der Waals surface area contributed by atoms with Crippen LogP contribution in [-0.2, 0) is 34.0 Å². The first-order chi connectivity index (χ1) is 57.0. The van der Waals surface area contributed by atoms with Gasteiger partial charge in [-0.1, -0.05) is 13.8 Å². The van der Waals surface area contributed by atoms with Crippen LogP contribution in [0.3, 0.4) is 0 Å². The number of benzene rings is 6. The third kappa shape index (κ3) is 21.4. The number of hydrogen-bond donors (Lipinski definition) is 2. The SMILES string of the molecule is CC(C)CCN(C)c1cc(N2CCN(C(=O)Cn3nc(-c4ccc(F)cc4)nc3-c3ccc(F)cc3)CC2)ncn1.CC(C)Nc1cc(N2CCN(C(=O)Cn3nc(-c4ccc(F)cc4)nc3-c3ccc(F)cc3)CC2)ncn1.CN(CCO)c1cc(N2CCN(C(=O)Cn3nc(-c4ccc(F)cc4)nc3-c3ccc(F)cc3)CC2)ncn1. The van der Waals surface area contributed by atoms with Crippen molar-refractivity contribution < 1.29 is 45.8 Å². The first kappa shape index (κ1) is 82.7. The fourth-order valence-electron chi connectivity index (χ4n) is 13.4. The van der Waals surface area contributed by atoms with Gasteiger partial charge in [0.1, 0.15) is 108 Å². The Morgan fingerprint density at radius 1 is 0.381 bits per heavy atom. The summed E-state index contributed by atoms with van der Waals surface area (Å²) in [6.07, 6.45) is 5.71. The highest BCUT2D eigenvalue weighted by Crippen LogP contribution is 2.30. The summed E-state index contributed by atoms with van der Waals surface area (Å²) in [6, 6.07) is 41.1. The number of hydrogen-bond acceptors (Lipinski definition) is 22. The van der Waals surface area contributed by atoms with Gasteiger partial charge in [-0.3, -0.25) is 14.4 Å². The van der Waals surface area contributed by atoms with Gasteiger partial charge >= 0.3 is 0 Å². The Morgan fingerprint density at radius 3 is 0.949 bits per heavy atom. The van der Waals surface area contributed by atoms with Crippen LogP contribution in [0.1, 0.15) is 34.1 Å². The largest absolute Gasteiger partial charge is 0.395 e. The van der Waals surface area contributed by atoms with Gasteiger partial charge in [-0.05, 0) is 172 Å². The Morgan fingerprint density at radius 2 is 0.661 bits per heavy atom. The minimum absolute atomic E-state index is 0.0245. The summed E-state index contributed by atoms with van der Waals surface area (Å²) in [6.45, 7) is 16.6. The second-order valence-electron chi connectivity index (χ2n) is 29.2. The Labute approximate surface area is 678 Å². The quantitative estimate of drug-likeness (QED) is 0.0532. The summed E-state index contributed by atoms with van der Waals surface area (Å²) in [5.41, 5.74) is 3.70. The number of amides is 3. The van der Waals surface area contributed by atoms with E-state index in [0.29, 0.717) is 165 Å². The first-order valence-electron chi connectivity index (χ1n) is 38.8. The lowest BCUT2D eigenvalue weighted by Gasteiger charge is -2.35. The van der Waals surface area contributed by atoms with E-state index in [1.54, 1.807) is 93.8 Å². The predicted octanol–water partition coefficient (Wildman–Crippen LogP) is 10.8. The number of likely N-dealkylation sites (N-methyl/N-ethyl adjacent to an activating group) is 1. The zero-order valence-electron chi connectivity index (χ0n) is 66.1. The molecule has 0 bridgehead atoms. The molecule has 12 aromatic rings. The molecule has 2 N–H and O–H groups in total. The van der Waals surface area contributed by atoms with Crippen molar-refractivity contribution in [1.29, 1.82) is 0 Å². The van der Waals surface area contributed by atoms with Crippen molar-refractivity contribution in [3.05, 3.63) is 218 Å². The molecule has 3 fully saturated rings. The molecule has 3 amide bonds. The second-order valence-corrected chi connectivity index (χ2v) is 29.2. The molecular formula is C84H90F6N24O4. The van der Waals surface area contributed by atoms with E-state index in [4.69, 9.17) is 0 Å². The van der Waals surface area contributed by atoms with Crippen LogP contribution in [-0.4, -0.2) is 230 Å². The first-order valence-corrected chi connectivity index (χ1v) is 38.8. The van der Waals surface area contributed by atoms with E-state index in [2.05, 4.69) is 98.9 Å². The van der Waals surface area contributed by atoms with Gasteiger partial charge in [-0.15, -0.1) is 15.3 Å². The normalized spacial score (nSPS) is 13.6. The van der Waals surface area contributed by atoms with E-state index in [1.807, 2.05) is 51.0 Å². The van der Waals surface area contributed by atoms with Crippen LogP contribution in [0.2, 0.25) is 0 Å². The summed E-state index contributed by atoms with van der Waals surface area (Å²) < 4.78 is 85.6. The van der Waals surface area contributed by atoms with Crippen molar-refractivity contribution in [2.75, 3.05) is 142 Å². The predicted molar refractivity (Wildman–Crippen MR) is 437 cm³/mol.